The van der Waals surface area contributed by atoms with Gasteiger partial charge in [-0.25, -0.2) is 4.79 Å². The average molecular weight is 391 g/mol. The molecule has 0 aliphatic heterocycles. The van der Waals surface area contributed by atoms with Crippen molar-refractivity contribution < 1.29 is 14.6 Å². The van der Waals surface area contributed by atoms with Crippen LogP contribution in [0.1, 0.15) is 15.9 Å². The van der Waals surface area contributed by atoms with Gasteiger partial charge in [0.1, 0.15) is 5.75 Å². The number of anilines is 1. The minimum Gasteiger partial charge on any atom is -0.497 e. The molecule has 0 spiro atoms. The number of aromatic nitrogens is 2. The largest absolute Gasteiger partial charge is 0.497 e. The first-order valence-corrected chi connectivity index (χ1v) is 9.38. The lowest BCUT2D eigenvalue weighted by atomic mass is 10.0. The molecule has 6 nitrogen and oxygen atoms in total. The zero-order valence-electron chi connectivity index (χ0n) is 15.0. The Kier molecular flexibility index (Phi) is 4.90. The summed E-state index contributed by atoms with van der Waals surface area (Å²) in [7, 11) is 1.64. The lowest BCUT2D eigenvalue weighted by molar-refractivity contribution is 0.0697. The van der Waals surface area contributed by atoms with Crippen molar-refractivity contribution in [3.05, 3.63) is 71.8 Å². The highest BCUT2D eigenvalue weighted by Gasteiger charge is 2.12. The second kappa shape index (κ2) is 7.66. The topological polar surface area (TPSA) is 84.3 Å². The van der Waals surface area contributed by atoms with Crippen molar-refractivity contribution in [3.8, 4) is 17.1 Å². The fourth-order valence-corrected chi connectivity index (χ4v) is 3.51. The number of aromatic carboxylic acids is 1. The second-order valence-electron chi connectivity index (χ2n) is 6.17. The average Bonchev–Trinajstić information content (AvgIpc) is 3.20. The molecule has 1 aromatic heterocycles. The summed E-state index contributed by atoms with van der Waals surface area (Å²) in [6.45, 7) is 0.635. The van der Waals surface area contributed by atoms with Gasteiger partial charge in [0.25, 0.3) is 0 Å². The lowest BCUT2D eigenvalue weighted by Crippen LogP contribution is -1.99. The highest BCUT2D eigenvalue weighted by molar-refractivity contribution is 7.09. The molecule has 0 unspecified atom stereocenters. The highest BCUT2D eigenvalue weighted by Crippen LogP contribution is 2.29. The Hall–Kier alpha value is -3.45. The maximum absolute atomic E-state index is 11.2. The van der Waals surface area contributed by atoms with Crippen LogP contribution in [0.5, 0.6) is 5.75 Å². The van der Waals surface area contributed by atoms with Crippen molar-refractivity contribution in [3.63, 3.8) is 0 Å². The quantitative estimate of drug-likeness (QED) is 0.497. The standard InChI is InChI=1S/C21H17N3O3S/c1-27-16-8-5-13(6-9-16)12-22-21-23-19(24-28-21)18-4-2-3-14-11-15(20(25)26)7-10-17(14)18/h2-11H,12H2,1H3,(H,25,26)(H,22,23,24). The molecule has 0 aliphatic carbocycles. The number of rotatable bonds is 6. The second-order valence-corrected chi connectivity index (χ2v) is 6.92. The number of fused-ring (bicyclic) bond motifs is 1. The van der Waals surface area contributed by atoms with Gasteiger partial charge in [-0.1, -0.05) is 36.4 Å². The smallest absolute Gasteiger partial charge is 0.335 e. The minimum absolute atomic E-state index is 0.262. The van der Waals surface area contributed by atoms with Gasteiger partial charge in [0.05, 0.1) is 12.7 Å². The number of nitrogens with one attached hydrogen (secondary N) is 1. The first-order chi connectivity index (χ1) is 13.6. The van der Waals surface area contributed by atoms with Gasteiger partial charge in [0, 0.05) is 23.6 Å². The van der Waals surface area contributed by atoms with Crippen LogP contribution in [0.3, 0.4) is 0 Å². The lowest BCUT2D eigenvalue weighted by Gasteiger charge is -2.05. The Morgan fingerprint density at radius 3 is 2.71 bits per heavy atom. The number of nitrogens with zero attached hydrogens (tertiary/aromatic N) is 2. The number of methoxy groups -OCH3 is 1. The highest BCUT2D eigenvalue weighted by atomic mass is 32.1. The van der Waals surface area contributed by atoms with E-state index in [9.17, 15) is 9.90 Å². The number of hydrogen-bond donors (Lipinski definition) is 2. The maximum atomic E-state index is 11.2. The van der Waals surface area contributed by atoms with Crippen molar-refractivity contribution in [1.29, 1.82) is 0 Å². The van der Waals surface area contributed by atoms with Crippen LogP contribution in [0.4, 0.5) is 5.13 Å². The predicted octanol–water partition coefficient (Wildman–Crippen LogP) is 4.68. The van der Waals surface area contributed by atoms with Crippen LogP contribution in [0, 0.1) is 0 Å². The van der Waals surface area contributed by atoms with Gasteiger partial charge < -0.3 is 15.2 Å². The maximum Gasteiger partial charge on any atom is 0.335 e. The summed E-state index contributed by atoms with van der Waals surface area (Å²) in [5, 5.41) is 15.0. The van der Waals surface area contributed by atoms with Gasteiger partial charge in [0.15, 0.2) is 5.82 Å². The molecule has 2 N–H and O–H groups in total. The molecule has 4 aromatic rings. The van der Waals surface area contributed by atoms with Gasteiger partial charge in [-0.2, -0.15) is 9.36 Å². The van der Waals surface area contributed by atoms with Gasteiger partial charge in [0.2, 0.25) is 5.13 Å². The number of carboxylic acid groups (broad SMARTS) is 1. The zero-order valence-corrected chi connectivity index (χ0v) is 15.9. The van der Waals surface area contributed by atoms with E-state index in [2.05, 4.69) is 14.7 Å². The Morgan fingerprint density at radius 1 is 1.14 bits per heavy atom. The van der Waals surface area contributed by atoms with E-state index in [1.165, 1.54) is 11.5 Å². The Bertz CT molecular complexity index is 1140. The van der Waals surface area contributed by atoms with Crippen molar-refractivity contribution in [1.82, 2.24) is 9.36 Å². The predicted molar refractivity (Wildman–Crippen MR) is 110 cm³/mol. The van der Waals surface area contributed by atoms with E-state index in [0.717, 1.165) is 32.8 Å². The zero-order chi connectivity index (χ0) is 19.5. The van der Waals surface area contributed by atoms with Crippen molar-refractivity contribution in [2.24, 2.45) is 0 Å². The summed E-state index contributed by atoms with van der Waals surface area (Å²) in [4.78, 5) is 15.8. The number of hydrogen-bond acceptors (Lipinski definition) is 6. The Labute approximate surface area is 165 Å². The third-order valence-electron chi connectivity index (χ3n) is 4.40. The number of carbonyl (C=O) groups is 1. The summed E-state index contributed by atoms with van der Waals surface area (Å²) in [5.41, 5.74) is 2.25. The third-order valence-corrected chi connectivity index (χ3v) is 5.07. The summed E-state index contributed by atoms with van der Waals surface area (Å²) in [6.07, 6.45) is 0. The molecule has 1 heterocycles. The molecule has 4 rings (SSSR count). The summed E-state index contributed by atoms with van der Waals surface area (Å²) < 4.78 is 9.63. The van der Waals surface area contributed by atoms with Crippen LogP contribution in [-0.4, -0.2) is 27.5 Å². The summed E-state index contributed by atoms with van der Waals surface area (Å²) in [6, 6.07) is 18.6. The van der Waals surface area contributed by atoms with Crippen LogP contribution in [0.25, 0.3) is 22.2 Å². The summed E-state index contributed by atoms with van der Waals surface area (Å²) in [5.74, 6) is 0.504. The Balaban J connectivity index is 1.56. The van der Waals surface area contributed by atoms with Crippen LogP contribution >= 0.6 is 11.5 Å². The monoisotopic (exact) mass is 391 g/mol. The van der Waals surface area contributed by atoms with Gasteiger partial charge >= 0.3 is 5.97 Å². The van der Waals surface area contributed by atoms with E-state index in [4.69, 9.17) is 4.74 Å². The third kappa shape index (κ3) is 3.65. The molecule has 0 radical (unpaired) electrons. The first-order valence-electron chi connectivity index (χ1n) is 8.61. The van der Waals surface area contributed by atoms with E-state index in [-0.39, 0.29) is 5.56 Å². The van der Waals surface area contributed by atoms with Crippen LogP contribution in [-0.2, 0) is 6.54 Å². The van der Waals surface area contributed by atoms with Crippen molar-refractivity contribution >= 4 is 33.4 Å². The molecule has 0 saturated carbocycles. The van der Waals surface area contributed by atoms with Gasteiger partial charge in [-0.15, -0.1) is 0 Å². The van der Waals surface area contributed by atoms with Crippen LogP contribution in [0.15, 0.2) is 60.7 Å². The van der Waals surface area contributed by atoms with Crippen molar-refractivity contribution in [2.75, 3.05) is 12.4 Å². The molecule has 0 bridgehead atoms. The van der Waals surface area contributed by atoms with E-state index < -0.39 is 5.97 Å². The van der Waals surface area contributed by atoms with E-state index in [1.54, 1.807) is 25.3 Å². The number of carboxylic acids is 1. The molecular weight excluding hydrogens is 374 g/mol. The summed E-state index contributed by atoms with van der Waals surface area (Å²) >= 11 is 1.30. The molecular formula is C21H17N3O3S. The van der Waals surface area contributed by atoms with Crippen LogP contribution < -0.4 is 10.1 Å². The molecule has 0 aliphatic rings. The molecule has 28 heavy (non-hydrogen) atoms. The SMILES string of the molecule is COc1ccc(CNc2nc(-c3cccc4cc(C(=O)O)ccc34)ns2)cc1. The number of ether oxygens (including phenoxy) is 1. The van der Waals surface area contributed by atoms with Gasteiger partial charge in [-0.05, 0) is 40.6 Å². The molecule has 0 saturated heterocycles. The Morgan fingerprint density at radius 2 is 1.96 bits per heavy atom. The molecule has 0 amide bonds. The van der Waals surface area contributed by atoms with Gasteiger partial charge in [-0.3, -0.25) is 0 Å². The fourth-order valence-electron chi connectivity index (χ4n) is 2.94. The first kappa shape index (κ1) is 17.9. The van der Waals surface area contributed by atoms with Crippen molar-refractivity contribution in [2.45, 2.75) is 6.54 Å². The molecule has 7 heteroatoms. The fraction of sp³-hybridized carbons (Fsp3) is 0.0952. The van der Waals surface area contributed by atoms with E-state index in [0.29, 0.717) is 12.4 Å². The normalized spacial score (nSPS) is 10.8. The molecule has 0 atom stereocenters. The minimum atomic E-state index is -0.941. The van der Waals surface area contributed by atoms with E-state index >= 15 is 0 Å². The molecule has 140 valence electrons. The number of benzene rings is 3. The van der Waals surface area contributed by atoms with Crippen LogP contribution in [0.2, 0.25) is 0 Å². The molecule has 0 fully saturated rings. The van der Waals surface area contributed by atoms with E-state index in [1.807, 2.05) is 42.5 Å². The molecule has 3 aromatic carbocycles.